The average molecular weight is 441 g/mol. The molecule has 7 heteroatoms. The number of hydrogen-bond acceptors (Lipinski definition) is 4. The third-order valence-electron chi connectivity index (χ3n) is 8.00. The van der Waals surface area contributed by atoms with E-state index in [4.69, 9.17) is 0 Å². The Bertz CT molecular complexity index is 1000. The summed E-state index contributed by atoms with van der Waals surface area (Å²) in [5, 5.41) is 18.0. The zero-order valence-corrected chi connectivity index (χ0v) is 18.9. The number of imidazole rings is 1. The predicted molar refractivity (Wildman–Crippen MR) is 120 cm³/mol. The van der Waals surface area contributed by atoms with E-state index in [2.05, 4.69) is 22.5 Å². The second-order valence-electron chi connectivity index (χ2n) is 10.4. The van der Waals surface area contributed by atoms with Gasteiger partial charge in [-0.1, -0.05) is 19.1 Å². The van der Waals surface area contributed by atoms with E-state index in [-0.39, 0.29) is 29.2 Å². The molecule has 5 rings (SSSR count). The Labute approximate surface area is 188 Å². The van der Waals surface area contributed by atoms with Gasteiger partial charge in [-0.2, -0.15) is 0 Å². The lowest BCUT2D eigenvalue weighted by molar-refractivity contribution is -0.119. The summed E-state index contributed by atoms with van der Waals surface area (Å²) in [5.41, 5.74) is 2.29. The molecule has 6 unspecified atom stereocenters. The number of halogens is 1. The van der Waals surface area contributed by atoms with Gasteiger partial charge in [0.15, 0.2) is 0 Å². The number of nitrogens with zero attached hydrogens (tertiary/aromatic N) is 2. The number of amides is 1. The van der Waals surface area contributed by atoms with E-state index < -0.39 is 6.10 Å². The molecule has 2 bridgehead atoms. The summed E-state index contributed by atoms with van der Waals surface area (Å²) >= 11 is 0. The van der Waals surface area contributed by atoms with E-state index in [1.54, 1.807) is 18.6 Å². The zero-order chi connectivity index (χ0) is 22.5. The minimum atomic E-state index is -0.538. The van der Waals surface area contributed by atoms with Crippen LogP contribution in [0.4, 0.5) is 4.39 Å². The molecule has 2 saturated carbocycles. The van der Waals surface area contributed by atoms with E-state index in [9.17, 15) is 14.3 Å². The first-order chi connectivity index (χ1) is 15.4. The lowest BCUT2D eigenvalue weighted by Crippen LogP contribution is -2.53. The molecule has 6 nitrogen and oxygen atoms in total. The molecule has 1 aliphatic heterocycles. The fourth-order valence-corrected chi connectivity index (χ4v) is 6.99. The van der Waals surface area contributed by atoms with E-state index in [0.29, 0.717) is 30.5 Å². The van der Waals surface area contributed by atoms with Crippen molar-refractivity contribution in [2.75, 3.05) is 6.67 Å². The number of rotatable bonds is 6. The summed E-state index contributed by atoms with van der Waals surface area (Å²) in [7, 11) is 0. The molecule has 0 radical (unpaired) electrons. The topological polar surface area (TPSA) is 79.2 Å². The van der Waals surface area contributed by atoms with Crippen LogP contribution in [0.15, 0.2) is 30.7 Å². The molecule has 2 heterocycles. The highest BCUT2D eigenvalue weighted by atomic mass is 19.1. The van der Waals surface area contributed by atoms with E-state index in [1.807, 2.05) is 10.6 Å². The Morgan fingerprint density at radius 1 is 1.34 bits per heavy atom. The largest absolute Gasteiger partial charge is 0.392 e. The zero-order valence-electron chi connectivity index (χ0n) is 18.9. The molecule has 0 spiro atoms. The molecule has 1 aromatic carbocycles. The number of hydrogen-bond donors (Lipinski definition) is 3. The Balaban J connectivity index is 1.39. The molecule has 3 aliphatic rings. The average Bonchev–Trinajstić information content (AvgIpc) is 3.30. The molecule has 1 aromatic heterocycles. The van der Waals surface area contributed by atoms with Crippen LogP contribution in [0.25, 0.3) is 11.3 Å². The number of benzene rings is 1. The van der Waals surface area contributed by atoms with Crippen molar-refractivity contribution in [2.24, 2.45) is 17.3 Å². The minimum absolute atomic E-state index is 0.0464. The summed E-state index contributed by atoms with van der Waals surface area (Å²) in [6.45, 7) is 4.26. The standard InChI is InChI=1S/C25H33FN4O2/c1-15-6-17-7-18(29-13-28-16(2)31)11-25(9-15,10-17)23(32)8-21-24-19(4-3-5-20(24)26)22-12-27-14-30(21)22/h3-5,12,14-15,17-18,21,23,29,32H,6-11,13H2,1-2H3,(H,28,31). The van der Waals surface area contributed by atoms with Gasteiger partial charge in [0.25, 0.3) is 0 Å². The van der Waals surface area contributed by atoms with E-state index in [1.165, 1.54) is 19.4 Å². The summed E-state index contributed by atoms with van der Waals surface area (Å²) in [6, 6.07) is 5.22. The van der Waals surface area contributed by atoms with Crippen molar-refractivity contribution in [1.29, 1.82) is 0 Å². The number of nitrogens with one attached hydrogen (secondary N) is 2. The van der Waals surface area contributed by atoms with Crippen LogP contribution in [-0.4, -0.2) is 39.4 Å². The molecule has 172 valence electrons. The van der Waals surface area contributed by atoms with Crippen LogP contribution in [0.5, 0.6) is 0 Å². The number of aromatic nitrogens is 2. The lowest BCUT2D eigenvalue weighted by atomic mass is 9.55. The SMILES string of the molecule is CC(=O)NCNC1CC2CC(C)CC(C(O)CC3c4c(F)cccc4-c4cncn43)(C2)C1. The number of fused-ring (bicyclic) bond motifs is 5. The highest BCUT2D eigenvalue weighted by Crippen LogP contribution is 2.55. The number of aliphatic hydroxyl groups is 1. The van der Waals surface area contributed by atoms with Gasteiger partial charge < -0.3 is 15.0 Å². The third kappa shape index (κ3) is 3.75. The smallest absolute Gasteiger partial charge is 0.217 e. The van der Waals surface area contributed by atoms with Crippen molar-refractivity contribution in [1.82, 2.24) is 20.2 Å². The van der Waals surface area contributed by atoms with Gasteiger partial charge in [-0.3, -0.25) is 10.1 Å². The first kappa shape index (κ1) is 21.6. The molecule has 2 aliphatic carbocycles. The number of aliphatic hydroxyl groups excluding tert-OH is 1. The fourth-order valence-electron chi connectivity index (χ4n) is 6.99. The van der Waals surface area contributed by atoms with E-state index in [0.717, 1.165) is 36.9 Å². The van der Waals surface area contributed by atoms with Crippen LogP contribution in [0.2, 0.25) is 0 Å². The van der Waals surface area contributed by atoms with Crippen LogP contribution < -0.4 is 10.6 Å². The molecule has 6 atom stereocenters. The second kappa shape index (κ2) is 8.27. The molecule has 0 saturated heterocycles. The van der Waals surface area contributed by atoms with Crippen LogP contribution in [0.3, 0.4) is 0 Å². The molecule has 2 fully saturated rings. The maximum absolute atomic E-state index is 14.9. The van der Waals surface area contributed by atoms with Crippen LogP contribution >= 0.6 is 0 Å². The molecule has 32 heavy (non-hydrogen) atoms. The minimum Gasteiger partial charge on any atom is -0.392 e. The maximum Gasteiger partial charge on any atom is 0.217 e. The van der Waals surface area contributed by atoms with Crippen molar-refractivity contribution in [3.8, 4) is 11.3 Å². The van der Waals surface area contributed by atoms with Gasteiger partial charge in [-0.05, 0) is 61.8 Å². The maximum atomic E-state index is 14.9. The van der Waals surface area contributed by atoms with Crippen molar-refractivity contribution >= 4 is 5.91 Å². The monoisotopic (exact) mass is 440 g/mol. The highest BCUT2D eigenvalue weighted by molar-refractivity contribution is 5.72. The summed E-state index contributed by atoms with van der Waals surface area (Å²) < 4.78 is 16.9. The van der Waals surface area contributed by atoms with Crippen molar-refractivity contribution < 1.29 is 14.3 Å². The van der Waals surface area contributed by atoms with Crippen LogP contribution in [-0.2, 0) is 4.79 Å². The molecule has 2 aromatic rings. The number of carbonyl (C=O) groups is 1. The first-order valence-electron chi connectivity index (χ1n) is 11.8. The van der Waals surface area contributed by atoms with Gasteiger partial charge in [-0.15, -0.1) is 0 Å². The molecule has 1 amide bonds. The van der Waals surface area contributed by atoms with Gasteiger partial charge in [-0.25, -0.2) is 9.37 Å². The van der Waals surface area contributed by atoms with Gasteiger partial charge in [0.2, 0.25) is 5.91 Å². The fraction of sp³-hybridized carbons (Fsp3) is 0.600. The van der Waals surface area contributed by atoms with Gasteiger partial charge in [0.1, 0.15) is 5.82 Å². The lowest BCUT2D eigenvalue weighted by Gasteiger charge is -2.53. The Kier molecular flexibility index (Phi) is 5.58. The summed E-state index contributed by atoms with van der Waals surface area (Å²) in [4.78, 5) is 15.6. The second-order valence-corrected chi connectivity index (χ2v) is 10.4. The molecule has 3 N–H and O–H groups in total. The predicted octanol–water partition coefficient (Wildman–Crippen LogP) is 3.61. The Morgan fingerprint density at radius 3 is 3.00 bits per heavy atom. The summed E-state index contributed by atoms with van der Waals surface area (Å²) in [5.74, 6) is 0.869. The van der Waals surface area contributed by atoms with Gasteiger partial charge in [0, 0.05) is 24.1 Å². The summed E-state index contributed by atoms with van der Waals surface area (Å²) in [6.07, 6.45) is 8.62. The van der Waals surface area contributed by atoms with Crippen LogP contribution in [0.1, 0.15) is 64.0 Å². The van der Waals surface area contributed by atoms with Crippen LogP contribution in [0, 0.1) is 23.1 Å². The normalized spacial score (nSPS) is 31.6. The van der Waals surface area contributed by atoms with Crippen molar-refractivity contribution in [3.63, 3.8) is 0 Å². The quantitative estimate of drug-likeness (QED) is 0.600. The highest BCUT2D eigenvalue weighted by Gasteiger charge is 2.50. The molecular weight excluding hydrogens is 407 g/mol. The van der Waals surface area contributed by atoms with Gasteiger partial charge >= 0.3 is 0 Å². The van der Waals surface area contributed by atoms with E-state index >= 15 is 0 Å². The van der Waals surface area contributed by atoms with Gasteiger partial charge in [0.05, 0.1) is 37.0 Å². The first-order valence-corrected chi connectivity index (χ1v) is 11.8. The Hall–Kier alpha value is -2.25. The molecular formula is C25H33FN4O2. The number of carbonyl (C=O) groups excluding carboxylic acids is 1. The third-order valence-corrected chi connectivity index (χ3v) is 8.00. The Morgan fingerprint density at radius 2 is 2.19 bits per heavy atom. The van der Waals surface area contributed by atoms with Crippen molar-refractivity contribution in [3.05, 3.63) is 42.1 Å². The van der Waals surface area contributed by atoms with Crippen molar-refractivity contribution in [2.45, 2.75) is 70.6 Å².